The SMILES string of the molecule is CCc1cccc(C)c1NC(=O)c1cc2c(C)nn(-c3cccc(C(F)(F)F)c3)c2s1. The summed E-state index contributed by atoms with van der Waals surface area (Å²) in [4.78, 5) is 14.1. The molecule has 4 nitrogen and oxygen atoms in total. The molecule has 0 unspecified atom stereocenters. The number of fused-ring (bicyclic) bond motifs is 1. The predicted molar refractivity (Wildman–Crippen MR) is 117 cm³/mol. The van der Waals surface area contributed by atoms with Crippen molar-refractivity contribution >= 4 is 33.1 Å². The molecule has 0 spiro atoms. The van der Waals surface area contributed by atoms with E-state index in [1.807, 2.05) is 32.0 Å². The smallest absolute Gasteiger partial charge is 0.321 e. The molecule has 160 valence electrons. The van der Waals surface area contributed by atoms with E-state index in [1.54, 1.807) is 19.1 Å². The summed E-state index contributed by atoms with van der Waals surface area (Å²) in [5.74, 6) is -0.250. The van der Waals surface area contributed by atoms with Crippen LogP contribution in [-0.2, 0) is 12.6 Å². The lowest BCUT2D eigenvalue weighted by atomic mass is 10.1. The molecular weight excluding hydrogens is 423 g/mol. The Hall–Kier alpha value is -3.13. The number of hydrogen-bond donors (Lipinski definition) is 1. The lowest BCUT2D eigenvalue weighted by molar-refractivity contribution is -0.137. The number of aromatic nitrogens is 2. The highest BCUT2D eigenvalue weighted by Crippen LogP contribution is 2.34. The van der Waals surface area contributed by atoms with Crippen molar-refractivity contribution in [3.05, 3.63) is 75.8 Å². The molecule has 1 N–H and O–H groups in total. The molecule has 0 atom stereocenters. The standard InChI is InChI=1S/C23H20F3N3OS/c1-4-15-8-5-7-13(2)20(15)27-21(30)19-12-18-14(3)28-29(22(18)31-19)17-10-6-9-16(11-17)23(24,25)26/h5-12H,4H2,1-3H3,(H,27,30). The number of benzene rings is 2. The minimum absolute atomic E-state index is 0.250. The molecule has 2 aromatic heterocycles. The first kappa shape index (κ1) is 21.1. The molecule has 4 rings (SSSR count). The first-order chi connectivity index (χ1) is 14.7. The van der Waals surface area contributed by atoms with Crippen molar-refractivity contribution < 1.29 is 18.0 Å². The first-order valence-electron chi connectivity index (χ1n) is 9.75. The van der Waals surface area contributed by atoms with Crippen molar-refractivity contribution in [1.82, 2.24) is 9.78 Å². The summed E-state index contributed by atoms with van der Waals surface area (Å²) in [6.45, 7) is 5.74. The van der Waals surface area contributed by atoms with Crippen molar-refractivity contribution in [2.75, 3.05) is 5.32 Å². The average molecular weight is 443 g/mol. The van der Waals surface area contributed by atoms with E-state index in [4.69, 9.17) is 0 Å². The minimum Gasteiger partial charge on any atom is -0.321 e. The van der Waals surface area contributed by atoms with Crippen LogP contribution in [0, 0.1) is 13.8 Å². The highest BCUT2D eigenvalue weighted by atomic mass is 32.1. The Balaban J connectivity index is 1.73. The normalized spacial score (nSPS) is 11.8. The lowest BCUT2D eigenvalue weighted by Gasteiger charge is -2.12. The van der Waals surface area contributed by atoms with E-state index in [0.29, 0.717) is 21.1 Å². The zero-order valence-corrected chi connectivity index (χ0v) is 18.0. The monoisotopic (exact) mass is 443 g/mol. The number of para-hydroxylation sites is 1. The van der Waals surface area contributed by atoms with Gasteiger partial charge in [-0.25, -0.2) is 4.68 Å². The molecule has 0 fully saturated rings. The molecule has 0 aliphatic heterocycles. The molecule has 0 bridgehead atoms. The van der Waals surface area contributed by atoms with Gasteiger partial charge in [-0.1, -0.05) is 31.2 Å². The van der Waals surface area contributed by atoms with E-state index < -0.39 is 11.7 Å². The van der Waals surface area contributed by atoms with Crippen molar-refractivity contribution in [3.8, 4) is 5.69 Å². The van der Waals surface area contributed by atoms with Gasteiger partial charge in [0.2, 0.25) is 0 Å². The van der Waals surface area contributed by atoms with Crippen molar-refractivity contribution in [1.29, 1.82) is 0 Å². The number of alkyl halides is 3. The van der Waals surface area contributed by atoms with Gasteiger partial charge in [-0.15, -0.1) is 11.3 Å². The molecule has 0 radical (unpaired) electrons. The molecule has 2 heterocycles. The quantitative estimate of drug-likeness (QED) is 0.389. The highest BCUT2D eigenvalue weighted by Gasteiger charge is 2.31. The summed E-state index contributed by atoms with van der Waals surface area (Å²) < 4.78 is 40.9. The Labute approximate surface area is 181 Å². The van der Waals surface area contributed by atoms with Crippen LogP contribution in [-0.4, -0.2) is 15.7 Å². The van der Waals surface area contributed by atoms with E-state index in [2.05, 4.69) is 10.4 Å². The summed E-state index contributed by atoms with van der Waals surface area (Å²) in [7, 11) is 0. The Morgan fingerprint density at radius 2 is 1.87 bits per heavy atom. The van der Waals surface area contributed by atoms with Crippen LogP contribution in [0.25, 0.3) is 15.9 Å². The van der Waals surface area contributed by atoms with Crippen LogP contribution in [0.5, 0.6) is 0 Å². The van der Waals surface area contributed by atoms with Crippen LogP contribution in [0.3, 0.4) is 0 Å². The summed E-state index contributed by atoms with van der Waals surface area (Å²) in [6.07, 6.45) is -3.66. The maximum Gasteiger partial charge on any atom is 0.416 e. The van der Waals surface area contributed by atoms with Gasteiger partial charge in [-0.05, 0) is 55.7 Å². The van der Waals surface area contributed by atoms with Gasteiger partial charge in [0.05, 0.1) is 21.8 Å². The van der Waals surface area contributed by atoms with Gasteiger partial charge in [0.1, 0.15) is 4.83 Å². The van der Waals surface area contributed by atoms with Gasteiger partial charge in [0.15, 0.2) is 0 Å². The molecule has 2 aromatic carbocycles. The van der Waals surface area contributed by atoms with Crippen molar-refractivity contribution in [2.24, 2.45) is 0 Å². The Morgan fingerprint density at radius 1 is 1.13 bits per heavy atom. The number of carbonyl (C=O) groups excluding carboxylic acids is 1. The number of rotatable bonds is 4. The molecule has 0 saturated heterocycles. The summed E-state index contributed by atoms with van der Waals surface area (Å²) >= 11 is 1.21. The summed E-state index contributed by atoms with van der Waals surface area (Å²) in [5.41, 5.74) is 3.01. The van der Waals surface area contributed by atoms with Crippen LogP contribution < -0.4 is 5.32 Å². The molecule has 0 saturated carbocycles. The zero-order valence-electron chi connectivity index (χ0n) is 17.2. The maximum atomic E-state index is 13.1. The van der Waals surface area contributed by atoms with Crippen LogP contribution in [0.1, 0.15) is 39.0 Å². The summed E-state index contributed by atoms with van der Waals surface area (Å²) in [6, 6.07) is 12.6. The molecule has 0 aliphatic rings. The predicted octanol–water partition coefficient (Wildman–Crippen LogP) is 6.54. The molecule has 8 heteroatoms. The summed E-state index contributed by atoms with van der Waals surface area (Å²) in [5, 5.41) is 8.14. The third kappa shape index (κ3) is 3.95. The average Bonchev–Trinajstić information content (AvgIpc) is 3.30. The Bertz CT molecular complexity index is 1290. The maximum absolute atomic E-state index is 13.1. The largest absolute Gasteiger partial charge is 0.416 e. The highest BCUT2D eigenvalue weighted by molar-refractivity contribution is 7.20. The van der Waals surface area contributed by atoms with Gasteiger partial charge in [0, 0.05) is 11.1 Å². The van der Waals surface area contributed by atoms with Crippen molar-refractivity contribution in [3.63, 3.8) is 0 Å². The third-order valence-electron chi connectivity index (χ3n) is 5.16. The number of nitrogens with zero attached hydrogens (tertiary/aromatic N) is 2. The number of aryl methyl sites for hydroxylation is 3. The topological polar surface area (TPSA) is 46.9 Å². The number of nitrogens with one attached hydrogen (secondary N) is 1. The van der Waals surface area contributed by atoms with E-state index >= 15 is 0 Å². The zero-order chi connectivity index (χ0) is 22.3. The van der Waals surface area contributed by atoms with Gasteiger partial charge in [-0.3, -0.25) is 4.79 Å². The number of carbonyl (C=O) groups is 1. The second-order valence-electron chi connectivity index (χ2n) is 7.29. The fourth-order valence-electron chi connectivity index (χ4n) is 3.53. The Morgan fingerprint density at radius 3 is 2.58 bits per heavy atom. The van der Waals surface area contributed by atoms with Crippen LogP contribution >= 0.6 is 11.3 Å². The van der Waals surface area contributed by atoms with Gasteiger partial charge >= 0.3 is 6.18 Å². The van der Waals surface area contributed by atoms with Crippen LogP contribution in [0.4, 0.5) is 18.9 Å². The lowest BCUT2D eigenvalue weighted by Crippen LogP contribution is -2.13. The third-order valence-corrected chi connectivity index (χ3v) is 6.27. The first-order valence-corrected chi connectivity index (χ1v) is 10.6. The van der Waals surface area contributed by atoms with E-state index in [9.17, 15) is 18.0 Å². The minimum atomic E-state index is -4.44. The number of amides is 1. The fourth-order valence-corrected chi connectivity index (χ4v) is 4.60. The second-order valence-corrected chi connectivity index (χ2v) is 8.32. The number of thiophene rings is 1. The Kier molecular flexibility index (Phi) is 5.35. The van der Waals surface area contributed by atoms with Gasteiger partial charge < -0.3 is 5.32 Å². The number of anilines is 1. The van der Waals surface area contributed by atoms with Crippen LogP contribution in [0.15, 0.2) is 48.5 Å². The number of halogens is 3. The fraction of sp³-hybridized carbons (Fsp3) is 0.217. The van der Waals surface area contributed by atoms with E-state index in [0.717, 1.165) is 40.8 Å². The molecular formula is C23H20F3N3OS. The number of hydrogen-bond acceptors (Lipinski definition) is 3. The second kappa shape index (κ2) is 7.85. The van der Waals surface area contributed by atoms with Gasteiger partial charge in [-0.2, -0.15) is 18.3 Å². The molecule has 4 aromatic rings. The molecule has 0 aliphatic carbocycles. The van der Waals surface area contributed by atoms with Gasteiger partial charge in [0.25, 0.3) is 5.91 Å². The van der Waals surface area contributed by atoms with Crippen molar-refractivity contribution in [2.45, 2.75) is 33.4 Å². The van der Waals surface area contributed by atoms with Crippen LogP contribution in [0.2, 0.25) is 0 Å². The van der Waals surface area contributed by atoms with E-state index in [1.165, 1.54) is 22.1 Å². The molecule has 1 amide bonds. The van der Waals surface area contributed by atoms with E-state index in [-0.39, 0.29) is 5.91 Å². The molecule has 31 heavy (non-hydrogen) atoms.